The van der Waals surface area contributed by atoms with Crippen LogP contribution in [0, 0.1) is 16.7 Å². The highest BCUT2D eigenvalue weighted by Crippen LogP contribution is 2.27. The van der Waals surface area contributed by atoms with E-state index in [2.05, 4.69) is 50.9 Å². The second-order valence-corrected chi connectivity index (χ2v) is 5.34. The third-order valence-corrected chi connectivity index (χ3v) is 3.30. The number of nitriles is 1. The maximum Gasteiger partial charge on any atom is 0.101 e. The molecule has 0 heterocycles. The van der Waals surface area contributed by atoms with Crippen LogP contribution in [0.25, 0.3) is 0 Å². The topological polar surface area (TPSA) is 35.8 Å². The molecule has 1 aromatic carbocycles. The molecule has 2 nitrogen and oxygen atoms in total. The maximum absolute atomic E-state index is 9.34. The van der Waals surface area contributed by atoms with Crippen LogP contribution in [0.5, 0.6) is 0 Å². The normalized spacial score (nSPS) is 14.6. The predicted molar refractivity (Wildman–Crippen MR) is 76.0 cm³/mol. The zero-order chi connectivity index (χ0) is 13.6. The zero-order valence-corrected chi connectivity index (χ0v) is 11.5. The van der Waals surface area contributed by atoms with E-state index >= 15 is 0 Å². The van der Waals surface area contributed by atoms with Crippen molar-refractivity contribution in [3.05, 3.63) is 48.6 Å². The van der Waals surface area contributed by atoms with E-state index in [-0.39, 0.29) is 17.5 Å². The van der Waals surface area contributed by atoms with E-state index in [1.165, 1.54) is 5.56 Å². The van der Waals surface area contributed by atoms with E-state index in [0.717, 1.165) is 6.42 Å². The lowest BCUT2D eigenvalue weighted by atomic mass is 9.81. The second kappa shape index (κ2) is 6.37. The maximum atomic E-state index is 9.34. The van der Waals surface area contributed by atoms with E-state index in [9.17, 15) is 5.26 Å². The molecule has 2 atom stereocenters. The van der Waals surface area contributed by atoms with Crippen LogP contribution in [0.3, 0.4) is 0 Å². The third-order valence-electron chi connectivity index (χ3n) is 3.30. The fourth-order valence-electron chi connectivity index (χ4n) is 2.02. The van der Waals surface area contributed by atoms with Crippen LogP contribution in [-0.4, -0.2) is 6.04 Å². The molecular weight excluding hydrogens is 220 g/mol. The lowest BCUT2D eigenvalue weighted by molar-refractivity contribution is 0.274. The third kappa shape index (κ3) is 3.72. The summed E-state index contributed by atoms with van der Waals surface area (Å²) in [5, 5.41) is 12.7. The van der Waals surface area contributed by atoms with Gasteiger partial charge in [0, 0.05) is 6.04 Å². The van der Waals surface area contributed by atoms with Gasteiger partial charge >= 0.3 is 0 Å². The standard InChI is InChI=1S/C16H22N2/c1-5-11-16(3,4)15(12-17)18-13(2)14-9-7-6-8-10-14/h5-10,13,15,18H,1,11H2,2-4H3. The van der Waals surface area contributed by atoms with E-state index < -0.39 is 0 Å². The molecule has 0 fully saturated rings. The molecule has 0 amide bonds. The molecule has 18 heavy (non-hydrogen) atoms. The van der Waals surface area contributed by atoms with Crippen molar-refractivity contribution in [2.45, 2.75) is 39.3 Å². The predicted octanol–water partition coefficient (Wildman–Crippen LogP) is 3.83. The van der Waals surface area contributed by atoms with Gasteiger partial charge in [0.15, 0.2) is 0 Å². The highest BCUT2D eigenvalue weighted by atomic mass is 15.0. The average Bonchev–Trinajstić information content (AvgIpc) is 2.36. The summed E-state index contributed by atoms with van der Waals surface area (Å²) in [5.41, 5.74) is 1.09. The van der Waals surface area contributed by atoms with E-state index in [0.29, 0.717) is 0 Å². The SMILES string of the molecule is C=CCC(C)(C)C(C#N)NC(C)c1ccccc1. The average molecular weight is 242 g/mol. The van der Waals surface area contributed by atoms with Crippen LogP contribution in [-0.2, 0) is 0 Å². The molecule has 2 unspecified atom stereocenters. The molecule has 0 aromatic heterocycles. The molecule has 0 spiro atoms. The Bertz CT molecular complexity index is 414. The Morgan fingerprint density at radius 1 is 1.39 bits per heavy atom. The fraction of sp³-hybridized carbons (Fsp3) is 0.438. The summed E-state index contributed by atoms with van der Waals surface area (Å²) < 4.78 is 0. The summed E-state index contributed by atoms with van der Waals surface area (Å²) in [6, 6.07) is 12.5. The van der Waals surface area contributed by atoms with Crippen molar-refractivity contribution in [2.75, 3.05) is 0 Å². The van der Waals surface area contributed by atoms with Crippen molar-refractivity contribution in [1.29, 1.82) is 5.26 Å². The Morgan fingerprint density at radius 2 is 2.00 bits per heavy atom. The lowest BCUT2D eigenvalue weighted by Crippen LogP contribution is -2.41. The number of hydrogen-bond acceptors (Lipinski definition) is 2. The molecular formula is C16H22N2. The monoisotopic (exact) mass is 242 g/mol. The Kier molecular flexibility index (Phi) is 5.12. The van der Waals surface area contributed by atoms with Crippen molar-refractivity contribution in [3.8, 4) is 6.07 Å². The number of nitrogens with one attached hydrogen (secondary N) is 1. The van der Waals surface area contributed by atoms with Gasteiger partial charge < -0.3 is 0 Å². The van der Waals surface area contributed by atoms with Gasteiger partial charge in [0.25, 0.3) is 0 Å². The van der Waals surface area contributed by atoms with Crippen LogP contribution in [0.1, 0.15) is 38.8 Å². The largest absolute Gasteiger partial charge is 0.295 e. The van der Waals surface area contributed by atoms with Gasteiger partial charge in [0.1, 0.15) is 6.04 Å². The van der Waals surface area contributed by atoms with E-state index in [1.54, 1.807) is 0 Å². The second-order valence-electron chi connectivity index (χ2n) is 5.34. The molecule has 1 aromatic rings. The Morgan fingerprint density at radius 3 is 2.50 bits per heavy atom. The molecule has 0 aliphatic heterocycles. The molecule has 0 saturated carbocycles. The van der Waals surface area contributed by atoms with Gasteiger partial charge in [-0.1, -0.05) is 50.3 Å². The molecule has 1 N–H and O–H groups in total. The molecule has 0 aliphatic carbocycles. The quantitative estimate of drug-likeness (QED) is 0.769. The zero-order valence-electron chi connectivity index (χ0n) is 11.5. The summed E-state index contributed by atoms with van der Waals surface area (Å²) in [6.45, 7) is 10.0. The summed E-state index contributed by atoms with van der Waals surface area (Å²) in [5.74, 6) is 0. The van der Waals surface area contributed by atoms with E-state index in [1.807, 2.05) is 24.3 Å². The first kappa shape index (κ1) is 14.5. The van der Waals surface area contributed by atoms with Gasteiger partial charge in [-0.15, -0.1) is 6.58 Å². The van der Waals surface area contributed by atoms with Crippen molar-refractivity contribution in [1.82, 2.24) is 5.32 Å². The van der Waals surface area contributed by atoms with Crippen molar-refractivity contribution >= 4 is 0 Å². The van der Waals surface area contributed by atoms with Crippen molar-refractivity contribution in [3.63, 3.8) is 0 Å². The van der Waals surface area contributed by atoms with Gasteiger partial charge in [-0.25, -0.2) is 0 Å². The molecule has 0 aliphatic rings. The molecule has 0 saturated heterocycles. The first-order valence-corrected chi connectivity index (χ1v) is 6.33. The van der Waals surface area contributed by atoms with Gasteiger partial charge in [-0.3, -0.25) is 5.32 Å². The van der Waals surface area contributed by atoms with Crippen molar-refractivity contribution < 1.29 is 0 Å². The highest BCUT2D eigenvalue weighted by Gasteiger charge is 2.29. The number of rotatable bonds is 6. The lowest BCUT2D eigenvalue weighted by Gasteiger charge is -2.31. The van der Waals surface area contributed by atoms with Crippen LogP contribution in [0.2, 0.25) is 0 Å². The Balaban J connectivity index is 2.76. The van der Waals surface area contributed by atoms with Crippen LogP contribution >= 0.6 is 0 Å². The van der Waals surface area contributed by atoms with Gasteiger partial charge in [0.2, 0.25) is 0 Å². The Labute approximate surface area is 110 Å². The minimum Gasteiger partial charge on any atom is -0.295 e. The fourth-order valence-corrected chi connectivity index (χ4v) is 2.02. The minimum atomic E-state index is -0.189. The van der Waals surface area contributed by atoms with E-state index in [4.69, 9.17) is 0 Å². The number of benzene rings is 1. The molecule has 96 valence electrons. The molecule has 1 rings (SSSR count). The van der Waals surface area contributed by atoms with Crippen LogP contribution in [0.4, 0.5) is 0 Å². The Hall–Kier alpha value is -1.59. The van der Waals surface area contributed by atoms with Crippen molar-refractivity contribution in [2.24, 2.45) is 5.41 Å². The van der Waals surface area contributed by atoms with Crippen LogP contribution in [0.15, 0.2) is 43.0 Å². The summed E-state index contributed by atoms with van der Waals surface area (Å²) in [6.07, 6.45) is 2.69. The molecule has 2 heteroatoms. The summed E-state index contributed by atoms with van der Waals surface area (Å²) in [7, 11) is 0. The van der Waals surface area contributed by atoms with Gasteiger partial charge in [-0.05, 0) is 24.3 Å². The van der Waals surface area contributed by atoms with Crippen LogP contribution < -0.4 is 5.32 Å². The first-order chi connectivity index (χ1) is 8.51. The minimum absolute atomic E-state index is 0.112. The summed E-state index contributed by atoms with van der Waals surface area (Å²) in [4.78, 5) is 0. The summed E-state index contributed by atoms with van der Waals surface area (Å²) >= 11 is 0. The number of nitrogens with zero attached hydrogens (tertiary/aromatic N) is 1. The highest BCUT2D eigenvalue weighted by molar-refractivity contribution is 5.19. The number of allylic oxidation sites excluding steroid dienone is 1. The van der Waals surface area contributed by atoms with Gasteiger partial charge in [-0.2, -0.15) is 5.26 Å². The molecule has 0 bridgehead atoms. The first-order valence-electron chi connectivity index (χ1n) is 6.33. The smallest absolute Gasteiger partial charge is 0.101 e. The number of hydrogen-bond donors (Lipinski definition) is 1. The van der Waals surface area contributed by atoms with Gasteiger partial charge in [0.05, 0.1) is 6.07 Å². The molecule has 0 radical (unpaired) electrons.